The van der Waals surface area contributed by atoms with E-state index in [-0.39, 0.29) is 6.04 Å². The summed E-state index contributed by atoms with van der Waals surface area (Å²) < 4.78 is 6.48. The highest BCUT2D eigenvalue weighted by molar-refractivity contribution is 9.10. The predicted octanol–water partition coefficient (Wildman–Crippen LogP) is 3.51. The first-order valence-corrected chi connectivity index (χ1v) is 7.28. The molecule has 0 radical (unpaired) electrons. The molecule has 0 aliphatic carbocycles. The molecule has 3 nitrogen and oxygen atoms in total. The van der Waals surface area contributed by atoms with Crippen LogP contribution in [0, 0.1) is 6.92 Å². The van der Waals surface area contributed by atoms with E-state index in [1.54, 1.807) is 7.11 Å². The molecule has 0 fully saturated rings. The number of hydrogen-bond donors (Lipinski definition) is 2. The number of rotatable bonds is 5. The Labute approximate surface area is 128 Å². The van der Waals surface area contributed by atoms with E-state index < -0.39 is 0 Å². The van der Waals surface area contributed by atoms with E-state index in [4.69, 9.17) is 10.6 Å². The highest BCUT2D eigenvalue weighted by Gasteiger charge is 2.14. The van der Waals surface area contributed by atoms with Gasteiger partial charge in [-0.25, -0.2) is 0 Å². The summed E-state index contributed by atoms with van der Waals surface area (Å²) in [5, 5.41) is 0. The molecular weight excluding hydrogens is 316 g/mol. The smallest absolute Gasteiger partial charge is 0.122 e. The third-order valence-electron chi connectivity index (χ3n) is 3.31. The molecule has 1 unspecified atom stereocenters. The average Bonchev–Trinajstić information content (AvgIpc) is 2.45. The summed E-state index contributed by atoms with van der Waals surface area (Å²) in [6.45, 7) is 2.08. The van der Waals surface area contributed by atoms with Crippen molar-refractivity contribution in [1.29, 1.82) is 0 Å². The minimum atomic E-state index is 0.0446. The monoisotopic (exact) mass is 334 g/mol. The van der Waals surface area contributed by atoms with Crippen LogP contribution in [-0.2, 0) is 6.42 Å². The molecule has 1 atom stereocenters. The van der Waals surface area contributed by atoms with Crippen LogP contribution in [0.2, 0.25) is 0 Å². The molecule has 20 heavy (non-hydrogen) atoms. The van der Waals surface area contributed by atoms with Crippen molar-refractivity contribution in [1.82, 2.24) is 5.43 Å². The molecule has 2 aromatic carbocycles. The molecule has 2 aromatic rings. The van der Waals surface area contributed by atoms with Gasteiger partial charge in [-0.2, -0.15) is 0 Å². The van der Waals surface area contributed by atoms with Crippen LogP contribution in [0.4, 0.5) is 0 Å². The Kier molecular flexibility index (Phi) is 5.17. The Morgan fingerprint density at radius 2 is 2.05 bits per heavy atom. The van der Waals surface area contributed by atoms with E-state index in [0.29, 0.717) is 0 Å². The highest BCUT2D eigenvalue weighted by Crippen LogP contribution is 2.27. The van der Waals surface area contributed by atoms with Crippen LogP contribution in [0.1, 0.15) is 22.7 Å². The van der Waals surface area contributed by atoms with Gasteiger partial charge in [0.1, 0.15) is 5.75 Å². The van der Waals surface area contributed by atoms with Crippen LogP contribution in [0.3, 0.4) is 0 Å². The minimum absolute atomic E-state index is 0.0446. The third-order valence-corrected chi connectivity index (χ3v) is 3.81. The number of aryl methyl sites for hydroxylation is 1. The van der Waals surface area contributed by atoms with Crippen LogP contribution >= 0.6 is 15.9 Å². The Bertz CT molecular complexity index is 586. The second kappa shape index (κ2) is 6.88. The van der Waals surface area contributed by atoms with Gasteiger partial charge in [0.25, 0.3) is 0 Å². The van der Waals surface area contributed by atoms with Crippen LogP contribution in [0.25, 0.3) is 0 Å². The Hall–Kier alpha value is -1.36. The largest absolute Gasteiger partial charge is 0.496 e. The lowest BCUT2D eigenvalue weighted by Gasteiger charge is -2.18. The lowest BCUT2D eigenvalue weighted by atomic mass is 9.97. The molecule has 0 saturated heterocycles. The van der Waals surface area contributed by atoms with Gasteiger partial charge in [-0.15, -0.1) is 0 Å². The number of halogens is 1. The minimum Gasteiger partial charge on any atom is -0.496 e. The number of benzene rings is 2. The molecule has 0 bridgehead atoms. The quantitative estimate of drug-likeness (QED) is 0.649. The third kappa shape index (κ3) is 3.60. The summed E-state index contributed by atoms with van der Waals surface area (Å²) in [4.78, 5) is 0. The first-order chi connectivity index (χ1) is 9.63. The topological polar surface area (TPSA) is 47.3 Å². The molecule has 0 aliphatic rings. The zero-order chi connectivity index (χ0) is 14.5. The molecule has 4 heteroatoms. The zero-order valence-corrected chi connectivity index (χ0v) is 13.3. The number of methoxy groups -OCH3 is 1. The number of hydrazine groups is 1. The zero-order valence-electron chi connectivity index (χ0n) is 11.7. The molecule has 106 valence electrons. The summed E-state index contributed by atoms with van der Waals surface area (Å²) >= 11 is 3.49. The van der Waals surface area contributed by atoms with E-state index in [0.717, 1.165) is 27.8 Å². The van der Waals surface area contributed by atoms with Gasteiger partial charge in [0.2, 0.25) is 0 Å². The van der Waals surface area contributed by atoms with Gasteiger partial charge >= 0.3 is 0 Å². The summed E-state index contributed by atoms with van der Waals surface area (Å²) in [6.07, 6.45) is 0.776. The summed E-state index contributed by atoms with van der Waals surface area (Å²) in [5.41, 5.74) is 6.39. The number of hydrogen-bond acceptors (Lipinski definition) is 3. The van der Waals surface area contributed by atoms with Gasteiger partial charge in [0, 0.05) is 4.47 Å². The van der Waals surface area contributed by atoms with Crippen molar-refractivity contribution >= 4 is 15.9 Å². The van der Waals surface area contributed by atoms with E-state index in [9.17, 15) is 0 Å². The highest BCUT2D eigenvalue weighted by atomic mass is 79.9. The van der Waals surface area contributed by atoms with Gasteiger partial charge in [-0.1, -0.05) is 45.8 Å². The van der Waals surface area contributed by atoms with E-state index in [1.165, 1.54) is 5.56 Å². The van der Waals surface area contributed by atoms with Gasteiger partial charge in [0.05, 0.1) is 13.2 Å². The first kappa shape index (κ1) is 15.0. The SMILES string of the molecule is COc1ccc(C)cc1CC(NN)c1cccc(Br)c1. The lowest BCUT2D eigenvalue weighted by molar-refractivity contribution is 0.405. The van der Waals surface area contributed by atoms with Crippen LogP contribution in [0.5, 0.6) is 5.75 Å². The summed E-state index contributed by atoms with van der Waals surface area (Å²) in [7, 11) is 1.69. The van der Waals surface area contributed by atoms with Crippen molar-refractivity contribution in [3.63, 3.8) is 0 Å². The normalized spacial score (nSPS) is 12.2. The van der Waals surface area contributed by atoms with Gasteiger partial charge < -0.3 is 4.74 Å². The second-order valence-electron chi connectivity index (χ2n) is 4.79. The average molecular weight is 335 g/mol. The van der Waals surface area contributed by atoms with Crippen LogP contribution in [-0.4, -0.2) is 7.11 Å². The van der Waals surface area contributed by atoms with Crippen molar-refractivity contribution in [2.24, 2.45) is 5.84 Å². The second-order valence-corrected chi connectivity index (χ2v) is 5.71. The molecule has 3 N–H and O–H groups in total. The lowest BCUT2D eigenvalue weighted by Crippen LogP contribution is -2.29. The molecule has 2 rings (SSSR count). The molecule has 0 heterocycles. The van der Waals surface area contributed by atoms with E-state index >= 15 is 0 Å². The van der Waals surface area contributed by atoms with E-state index in [2.05, 4.69) is 46.5 Å². The van der Waals surface area contributed by atoms with Gasteiger partial charge in [-0.05, 0) is 42.7 Å². The van der Waals surface area contributed by atoms with Crippen molar-refractivity contribution in [2.75, 3.05) is 7.11 Å². The molecule has 0 spiro atoms. The summed E-state index contributed by atoms with van der Waals surface area (Å²) in [5.74, 6) is 6.62. The standard InChI is InChI=1S/C16H19BrN2O/c1-11-6-7-16(20-2)13(8-11)10-15(19-18)12-4-3-5-14(17)9-12/h3-9,15,19H,10,18H2,1-2H3. The number of nitrogens with one attached hydrogen (secondary N) is 1. The Balaban J connectivity index is 2.28. The molecule has 0 saturated carbocycles. The molecular formula is C16H19BrN2O. The molecule has 0 aliphatic heterocycles. The van der Waals surface area contributed by atoms with Crippen molar-refractivity contribution < 1.29 is 4.74 Å². The fraction of sp³-hybridized carbons (Fsp3) is 0.250. The van der Waals surface area contributed by atoms with Crippen molar-refractivity contribution in [3.8, 4) is 5.75 Å². The molecule has 0 aromatic heterocycles. The van der Waals surface area contributed by atoms with Crippen LogP contribution in [0.15, 0.2) is 46.9 Å². The molecule has 0 amide bonds. The maximum atomic E-state index is 5.73. The van der Waals surface area contributed by atoms with Crippen molar-refractivity contribution in [2.45, 2.75) is 19.4 Å². The van der Waals surface area contributed by atoms with Crippen LogP contribution < -0.4 is 16.0 Å². The Morgan fingerprint density at radius 3 is 2.70 bits per heavy atom. The van der Waals surface area contributed by atoms with Gasteiger partial charge in [0.15, 0.2) is 0 Å². The maximum absolute atomic E-state index is 5.73. The fourth-order valence-corrected chi connectivity index (χ4v) is 2.70. The number of ether oxygens (including phenoxy) is 1. The first-order valence-electron chi connectivity index (χ1n) is 6.49. The maximum Gasteiger partial charge on any atom is 0.122 e. The van der Waals surface area contributed by atoms with Gasteiger partial charge in [-0.3, -0.25) is 11.3 Å². The van der Waals surface area contributed by atoms with Crippen molar-refractivity contribution in [3.05, 3.63) is 63.6 Å². The fourth-order valence-electron chi connectivity index (χ4n) is 2.28. The summed E-state index contributed by atoms with van der Waals surface area (Å²) in [6, 6.07) is 14.4. The number of nitrogens with two attached hydrogens (primary N) is 1. The van der Waals surface area contributed by atoms with E-state index in [1.807, 2.05) is 24.3 Å². The predicted molar refractivity (Wildman–Crippen MR) is 85.6 cm³/mol. The Morgan fingerprint density at radius 1 is 1.25 bits per heavy atom.